The minimum Gasteiger partial charge on any atom is -0.462 e. The van der Waals surface area contributed by atoms with Gasteiger partial charge in [0.15, 0.2) is 16.7 Å². The van der Waals surface area contributed by atoms with Crippen LogP contribution in [0.25, 0.3) is 5.69 Å². The largest absolute Gasteiger partial charge is 0.462 e. The Morgan fingerprint density at radius 1 is 1.14 bits per heavy atom. The molecule has 42 heavy (non-hydrogen) atoms. The molecule has 5 rings (SSSR count). The molecule has 1 atom stereocenters. The van der Waals surface area contributed by atoms with Gasteiger partial charge in [-0.05, 0) is 81.5 Å². The van der Waals surface area contributed by atoms with E-state index in [-0.39, 0.29) is 30.7 Å². The monoisotopic (exact) mass is 671 g/mol. The molecule has 0 aliphatic heterocycles. The molecule has 1 aromatic carbocycles. The Bertz CT molecular complexity index is 1570. The molecule has 13 heteroatoms. The van der Waals surface area contributed by atoms with E-state index in [4.69, 9.17) is 9.15 Å². The van der Waals surface area contributed by atoms with Crippen LogP contribution < -0.4 is 10.6 Å². The van der Waals surface area contributed by atoms with E-state index < -0.39 is 11.2 Å². The van der Waals surface area contributed by atoms with E-state index in [2.05, 4.69) is 36.8 Å². The Kier molecular flexibility index (Phi) is 9.80. The number of aryl methyl sites for hydroxylation is 1. The number of esters is 1. The van der Waals surface area contributed by atoms with Gasteiger partial charge in [-0.3, -0.25) is 14.2 Å². The molecule has 2 amide bonds. The second kappa shape index (κ2) is 13.7. The third kappa shape index (κ3) is 6.79. The smallest absolute Gasteiger partial charge is 0.341 e. The molecule has 220 valence electrons. The number of nitrogens with zero attached hydrogens (tertiary/aromatic N) is 3. The first-order valence-corrected chi connectivity index (χ1v) is 16.2. The maximum Gasteiger partial charge on any atom is 0.341 e. The minimum atomic E-state index is -0.578. The quantitative estimate of drug-likeness (QED) is 0.116. The van der Waals surface area contributed by atoms with Crippen LogP contribution in [0.2, 0.25) is 0 Å². The van der Waals surface area contributed by atoms with Crippen molar-refractivity contribution in [2.45, 2.75) is 62.9 Å². The van der Waals surface area contributed by atoms with Gasteiger partial charge in [-0.2, -0.15) is 0 Å². The van der Waals surface area contributed by atoms with E-state index in [0.717, 1.165) is 52.7 Å². The van der Waals surface area contributed by atoms with Crippen molar-refractivity contribution in [3.05, 3.63) is 74.7 Å². The fourth-order valence-corrected chi connectivity index (χ4v) is 7.10. The molecule has 2 N–H and O–H groups in total. The summed E-state index contributed by atoms with van der Waals surface area (Å²) in [6.45, 7) is 3.91. The standard InChI is InChI=1S/C29H30BrN5O5S2/c1-3-39-28(38)24-20-8-5-4-6-10-22(20)42-27(24)32-25(36)17(2)41-29-34-33-23(16-31-26(37)21-9-7-15-40-21)35(29)19-13-11-18(30)12-14-19/h7,9,11-15,17H,3-6,8,10,16H2,1-2H3,(H,31,37)(H,32,36). The molecule has 3 heterocycles. The van der Waals surface area contributed by atoms with Gasteiger partial charge >= 0.3 is 5.97 Å². The zero-order valence-electron chi connectivity index (χ0n) is 23.1. The lowest BCUT2D eigenvalue weighted by Crippen LogP contribution is -2.25. The number of benzene rings is 1. The number of rotatable bonds is 10. The van der Waals surface area contributed by atoms with Crippen molar-refractivity contribution in [2.24, 2.45) is 0 Å². The molecule has 0 spiro atoms. The second-order valence-electron chi connectivity index (χ2n) is 9.61. The minimum absolute atomic E-state index is 0.0907. The third-order valence-corrected chi connectivity index (χ3v) is 9.50. The molecule has 1 aliphatic rings. The zero-order valence-corrected chi connectivity index (χ0v) is 26.4. The average molecular weight is 673 g/mol. The van der Waals surface area contributed by atoms with Crippen LogP contribution in [0.5, 0.6) is 0 Å². The number of carbonyl (C=O) groups is 3. The summed E-state index contributed by atoms with van der Waals surface area (Å²) in [6.07, 6.45) is 6.31. The maximum absolute atomic E-state index is 13.5. The van der Waals surface area contributed by atoms with Crippen LogP contribution >= 0.6 is 39.0 Å². The molecular formula is C29H30BrN5O5S2. The number of furan rings is 1. The van der Waals surface area contributed by atoms with Gasteiger partial charge in [0, 0.05) is 15.0 Å². The van der Waals surface area contributed by atoms with Gasteiger partial charge in [0.05, 0.1) is 30.2 Å². The number of amides is 2. The topological polar surface area (TPSA) is 128 Å². The van der Waals surface area contributed by atoms with Crippen LogP contribution in [-0.4, -0.2) is 44.4 Å². The van der Waals surface area contributed by atoms with Gasteiger partial charge in [0.1, 0.15) is 5.00 Å². The lowest BCUT2D eigenvalue weighted by atomic mass is 10.1. The molecule has 1 unspecified atom stereocenters. The predicted molar refractivity (Wildman–Crippen MR) is 164 cm³/mol. The number of hydrogen-bond acceptors (Lipinski definition) is 9. The first-order chi connectivity index (χ1) is 20.4. The molecular weight excluding hydrogens is 642 g/mol. The maximum atomic E-state index is 13.5. The first kappa shape index (κ1) is 30.1. The van der Waals surface area contributed by atoms with E-state index in [1.165, 1.54) is 29.4 Å². The lowest BCUT2D eigenvalue weighted by Gasteiger charge is -2.14. The van der Waals surface area contributed by atoms with Crippen LogP contribution in [0, 0.1) is 0 Å². The number of hydrogen-bond donors (Lipinski definition) is 2. The van der Waals surface area contributed by atoms with Crippen molar-refractivity contribution in [2.75, 3.05) is 11.9 Å². The average Bonchev–Trinajstić information content (AvgIpc) is 3.69. The normalized spacial score (nSPS) is 13.6. The fourth-order valence-electron chi connectivity index (χ4n) is 4.67. The molecule has 0 fully saturated rings. The van der Waals surface area contributed by atoms with E-state index >= 15 is 0 Å². The van der Waals surface area contributed by atoms with Gasteiger partial charge in [0.2, 0.25) is 5.91 Å². The van der Waals surface area contributed by atoms with E-state index in [1.807, 2.05) is 24.3 Å². The Hall–Kier alpha value is -3.42. The number of nitrogens with one attached hydrogen (secondary N) is 2. The molecule has 10 nitrogen and oxygen atoms in total. The molecule has 0 saturated heterocycles. The van der Waals surface area contributed by atoms with Gasteiger partial charge in [-0.15, -0.1) is 21.5 Å². The molecule has 1 aliphatic carbocycles. The van der Waals surface area contributed by atoms with Crippen LogP contribution in [0.4, 0.5) is 5.00 Å². The summed E-state index contributed by atoms with van der Waals surface area (Å²) in [5, 5.41) is 14.9. The molecule has 0 radical (unpaired) electrons. The number of aromatic nitrogens is 3. The zero-order chi connectivity index (χ0) is 29.6. The Labute approximate surface area is 259 Å². The van der Waals surface area contributed by atoms with Gasteiger partial charge in [-0.1, -0.05) is 34.1 Å². The Morgan fingerprint density at radius 2 is 1.93 bits per heavy atom. The SMILES string of the molecule is CCOC(=O)c1c(NC(=O)C(C)Sc2nnc(CNC(=O)c3ccco3)n2-c2ccc(Br)cc2)sc2c1CCCCC2. The summed E-state index contributed by atoms with van der Waals surface area (Å²) in [7, 11) is 0. The number of anilines is 1. The van der Waals surface area contributed by atoms with E-state index in [1.54, 1.807) is 30.5 Å². The van der Waals surface area contributed by atoms with Gasteiger partial charge in [0.25, 0.3) is 5.91 Å². The highest BCUT2D eigenvalue weighted by molar-refractivity contribution is 9.10. The Balaban J connectivity index is 1.37. The van der Waals surface area contributed by atoms with E-state index in [9.17, 15) is 14.4 Å². The summed E-state index contributed by atoms with van der Waals surface area (Å²) >= 11 is 6.16. The van der Waals surface area contributed by atoms with Gasteiger partial charge in [-0.25, -0.2) is 4.79 Å². The highest BCUT2D eigenvalue weighted by Gasteiger charge is 2.29. The second-order valence-corrected chi connectivity index (χ2v) is 12.9. The molecule has 0 bridgehead atoms. The number of carbonyl (C=O) groups excluding carboxylic acids is 3. The molecule has 0 saturated carbocycles. The number of ether oxygens (including phenoxy) is 1. The predicted octanol–water partition coefficient (Wildman–Crippen LogP) is 6.18. The van der Waals surface area contributed by atoms with Crippen LogP contribution in [0.1, 0.15) is 70.3 Å². The molecule has 4 aromatic rings. The summed E-state index contributed by atoms with van der Waals surface area (Å²) in [6, 6.07) is 10.8. The first-order valence-electron chi connectivity index (χ1n) is 13.7. The molecule has 3 aromatic heterocycles. The lowest BCUT2D eigenvalue weighted by molar-refractivity contribution is -0.115. The summed E-state index contributed by atoms with van der Waals surface area (Å²) in [4.78, 5) is 40.0. The highest BCUT2D eigenvalue weighted by Crippen LogP contribution is 2.38. The van der Waals surface area contributed by atoms with Crippen molar-refractivity contribution in [3.63, 3.8) is 0 Å². The van der Waals surface area contributed by atoms with Gasteiger partial charge < -0.3 is 19.8 Å². The van der Waals surface area contributed by atoms with E-state index in [0.29, 0.717) is 21.5 Å². The highest BCUT2D eigenvalue weighted by atomic mass is 79.9. The van der Waals surface area contributed by atoms with Crippen LogP contribution in [0.15, 0.2) is 56.7 Å². The van der Waals surface area contributed by atoms with Crippen molar-refractivity contribution in [3.8, 4) is 5.69 Å². The summed E-state index contributed by atoms with van der Waals surface area (Å²) in [5.41, 5.74) is 2.26. The summed E-state index contributed by atoms with van der Waals surface area (Å²) < 4.78 is 13.2. The number of halogens is 1. The summed E-state index contributed by atoms with van der Waals surface area (Å²) in [5.74, 6) is -0.362. The Morgan fingerprint density at radius 3 is 2.67 bits per heavy atom. The van der Waals surface area contributed by atoms with Crippen molar-refractivity contribution < 1.29 is 23.5 Å². The number of thioether (sulfide) groups is 1. The number of fused-ring (bicyclic) bond motifs is 1. The van der Waals surface area contributed by atoms with Crippen molar-refractivity contribution in [1.82, 2.24) is 20.1 Å². The fraction of sp³-hybridized carbons (Fsp3) is 0.345. The van der Waals surface area contributed by atoms with Crippen LogP contribution in [-0.2, 0) is 28.9 Å². The van der Waals surface area contributed by atoms with Crippen molar-refractivity contribution >= 4 is 61.8 Å². The van der Waals surface area contributed by atoms with Crippen molar-refractivity contribution in [1.29, 1.82) is 0 Å². The number of thiophene rings is 1. The third-order valence-electron chi connectivity index (χ3n) is 6.73. The van der Waals surface area contributed by atoms with Crippen LogP contribution in [0.3, 0.4) is 0 Å².